The molecule has 0 aliphatic heterocycles. The van der Waals surface area contributed by atoms with Gasteiger partial charge in [-0.25, -0.2) is 0 Å². The Labute approximate surface area is 109 Å². The van der Waals surface area contributed by atoms with E-state index in [0.717, 1.165) is 15.4 Å². The predicted molar refractivity (Wildman–Crippen MR) is 71.1 cm³/mol. The molecule has 2 aromatic rings. The van der Waals surface area contributed by atoms with E-state index in [2.05, 4.69) is 5.32 Å². The summed E-state index contributed by atoms with van der Waals surface area (Å²) in [6.07, 6.45) is 0.0733. The first kappa shape index (κ1) is 12.4. The number of carboxylic acids is 1. The van der Waals surface area contributed by atoms with Crippen molar-refractivity contribution >= 4 is 23.0 Å². The van der Waals surface area contributed by atoms with Crippen LogP contribution < -0.4 is 5.32 Å². The number of carboxylic acid groups (broad SMARTS) is 1. The quantitative estimate of drug-likeness (QED) is 0.725. The van der Waals surface area contributed by atoms with E-state index in [0.29, 0.717) is 6.54 Å². The van der Waals surface area contributed by atoms with Crippen LogP contribution in [0.1, 0.15) is 9.75 Å². The van der Waals surface area contributed by atoms with Crippen LogP contribution >= 0.6 is 11.3 Å². The molecule has 2 rings (SSSR count). The smallest absolute Gasteiger partial charge is 0.308 e. The number of aromatic hydroxyl groups is 1. The van der Waals surface area contributed by atoms with Gasteiger partial charge in [0.05, 0.1) is 6.42 Å². The van der Waals surface area contributed by atoms with Gasteiger partial charge in [-0.1, -0.05) is 0 Å². The average Bonchev–Trinajstić information content (AvgIpc) is 2.75. The van der Waals surface area contributed by atoms with E-state index in [9.17, 15) is 4.79 Å². The summed E-state index contributed by atoms with van der Waals surface area (Å²) in [5, 5.41) is 21.0. The number of benzene rings is 1. The molecule has 0 spiro atoms. The maximum Gasteiger partial charge on any atom is 0.308 e. The molecule has 0 saturated carbocycles. The minimum Gasteiger partial charge on any atom is -0.508 e. The highest BCUT2D eigenvalue weighted by Crippen LogP contribution is 2.19. The largest absolute Gasteiger partial charge is 0.508 e. The van der Waals surface area contributed by atoms with E-state index < -0.39 is 5.97 Å². The summed E-state index contributed by atoms with van der Waals surface area (Å²) in [7, 11) is 0. The fourth-order valence-electron chi connectivity index (χ4n) is 1.53. The summed E-state index contributed by atoms with van der Waals surface area (Å²) in [4.78, 5) is 12.5. The highest BCUT2D eigenvalue weighted by Gasteiger charge is 2.04. The van der Waals surface area contributed by atoms with E-state index in [1.54, 1.807) is 24.3 Å². The van der Waals surface area contributed by atoms with Gasteiger partial charge >= 0.3 is 5.97 Å². The number of hydrogen-bond acceptors (Lipinski definition) is 4. The van der Waals surface area contributed by atoms with Gasteiger partial charge < -0.3 is 15.5 Å². The molecule has 3 N–H and O–H groups in total. The van der Waals surface area contributed by atoms with Crippen LogP contribution in [-0.2, 0) is 17.8 Å². The number of anilines is 1. The van der Waals surface area contributed by atoms with Gasteiger partial charge in [0.1, 0.15) is 5.75 Å². The number of thiophene rings is 1. The van der Waals surface area contributed by atoms with Gasteiger partial charge in [-0.05, 0) is 36.4 Å². The first-order chi connectivity index (χ1) is 8.63. The Morgan fingerprint density at radius 1 is 1.11 bits per heavy atom. The Balaban J connectivity index is 1.92. The molecular weight excluding hydrogens is 250 g/mol. The molecular formula is C13H13NO3S. The summed E-state index contributed by atoms with van der Waals surface area (Å²) in [6.45, 7) is 0.648. The van der Waals surface area contributed by atoms with Gasteiger partial charge in [-0.3, -0.25) is 4.79 Å². The zero-order chi connectivity index (χ0) is 13.0. The lowest BCUT2D eigenvalue weighted by Gasteiger charge is -2.04. The lowest BCUT2D eigenvalue weighted by Crippen LogP contribution is -1.97. The van der Waals surface area contributed by atoms with Gasteiger partial charge in [-0.15, -0.1) is 11.3 Å². The lowest BCUT2D eigenvalue weighted by molar-refractivity contribution is -0.136. The monoisotopic (exact) mass is 263 g/mol. The summed E-state index contributed by atoms with van der Waals surface area (Å²) in [5.41, 5.74) is 0.918. The lowest BCUT2D eigenvalue weighted by atomic mass is 10.3. The number of aliphatic carboxylic acids is 1. The summed E-state index contributed by atoms with van der Waals surface area (Å²) >= 11 is 1.49. The van der Waals surface area contributed by atoms with Crippen molar-refractivity contribution in [1.29, 1.82) is 0 Å². The fourth-order valence-corrected chi connectivity index (χ4v) is 2.48. The van der Waals surface area contributed by atoms with Crippen LogP contribution in [0.3, 0.4) is 0 Å². The van der Waals surface area contributed by atoms with Crippen LogP contribution in [0.15, 0.2) is 36.4 Å². The third-order valence-corrected chi connectivity index (χ3v) is 3.46. The number of phenolic OH excluding ortho intramolecular Hbond substituents is 1. The Morgan fingerprint density at radius 2 is 1.78 bits per heavy atom. The normalized spacial score (nSPS) is 10.2. The molecule has 0 aliphatic carbocycles. The topological polar surface area (TPSA) is 69.6 Å². The number of carbonyl (C=O) groups is 1. The first-order valence-electron chi connectivity index (χ1n) is 5.46. The van der Waals surface area contributed by atoms with Crippen LogP contribution in [0.4, 0.5) is 5.69 Å². The molecule has 5 heteroatoms. The molecule has 4 nitrogen and oxygen atoms in total. The van der Waals surface area contributed by atoms with E-state index in [1.165, 1.54) is 11.3 Å². The predicted octanol–water partition coefficient (Wildman–Crippen LogP) is 2.69. The van der Waals surface area contributed by atoms with Crippen molar-refractivity contribution in [3.63, 3.8) is 0 Å². The van der Waals surface area contributed by atoms with Crippen molar-refractivity contribution in [3.8, 4) is 5.75 Å². The molecule has 1 heterocycles. The average molecular weight is 263 g/mol. The Morgan fingerprint density at radius 3 is 2.44 bits per heavy atom. The Bertz CT molecular complexity index is 533. The molecule has 1 aromatic heterocycles. The molecule has 0 fully saturated rings. The standard InChI is InChI=1S/C13H13NO3S/c15-10-3-1-9(2-4-10)14-8-12-6-5-11(18-12)7-13(16)17/h1-6,14-15H,7-8H2,(H,16,17). The van der Waals surface area contributed by atoms with Crippen molar-refractivity contribution in [2.75, 3.05) is 5.32 Å². The summed E-state index contributed by atoms with van der Waals surface area (Å²) in [5.74, 6) is -0.574. The number of phenols is 1. The van der Waals surface area contributed by atoms with Crippen LogP contribution in [0.5, 0.6) is 5.75 Å². The van der Waals surface area contributed by atoms with Crippen LogP contribution in [0.25, 0.3) is 0 Å². The zero-order valence-corrected chi connectivity index (χ0v) is 10.4. The van der Waals surface area contributed by atoms with Crippen molar-refractivity contribution < 1.29 is 15.0 Å². The van der Waals surface area contributed by atoms with Gasteiger partial charge in [0, 0.05) is 22.0 Å². The molecule has 0 aliphatic rings. The maximum atomic E-state index is 10.6. The molecule has 0 saturated heterocycles. The van der Waals surface area contributed by atoms with Gasteiger partial charge in [0.2, 0.25) is 0 Å². The Hall–Kier alpha value is -2.01. The molecule has 0 amide bonds. The fraction of sp³-hybridized carbons (Fsp3) is 0.154. The van der Waals surface area contributed by atoms with Crippen molar-refractivity contribution in [2.24, 2.45) is 0 Å². The third kappa shape index (κ3) is 3.49. The maximum absolute atomic E-state index is 10.6. The van der Waals surface area contributed by atoms with Crippen molar-refractivity contribution in [1.82, 2.24) is 0 Å². The van der Waals surface area contributed by atoms with Crippen molar-refractivity contribution in [2.45, 2.75) is 13.0 Å². The zero-order valence-electron chi connectivity index (χ0n) is 9.59. The minimum atomic E-state index is -0.810. The number of rotatable bonds is 5. The minimum absolute atomic E-state index is 0.0733. The third-order valence-electron chi connectivity index (χ3n) is 2.38. The van der Waals surface area contributed by atoms with Crippen LogP contribution in [0, 0.1) is 0 Å². The number of hydrogen-bond donors (Lipinski definition) is 3. The van der Waals surface area contributed by atoms with Gasteiger partial charge in [0.15, 0.2) is 0 Å². The second kappa shape index (κ2) is 5.55. The Kier molecular flexibility index (Phi) is 3.84. The molecule has 1 aromatic carbocycles. The van der Waals surface area contributed by atoms with E-state index in [-0.39, 0.29) is 12.2 Å². The highest BCUT2D eigenvalue weighted by atomic mass is 32.1. The first-order valence-corrected chi connectivity index (χ1v) is 6.27. The van der Waals surface area contributed by atoms with E-state index in [4.69, 9.17) is 10.2 Å². The summed E-state index contributed by atoms with van der Waals surface area (Å²) in [6, 6.07) is 10.6. The number of nitrogens with one attached hydrogen (secondary N) is 1. The van der Waals surface area contributed by atoms with Gasteiger partial charge in [0.25, 0.3) is 0 Å². The molecule has 0 atom stereocenters. The summed E-state index contributed by atoms with van der Waals surface area (Å²) < 4.78 is 0. The molecule has 0 bridgehead atoms. The molecule has 94 valence electrons. The van der Waals surface area contributed by atoms with Crippen LogP contribution in [-0.4, -0.2) is 16.2 Å². The molecule has 0 radical (unpaired) electrons. The second-order valence-electron chi connectivity index (χ2n) is 3.84. The molecule has 18 heavy (non-hydrogen) atoms. The second-order valence-corrected chi connectivity index (χ2v) is 5.09. The SMILES string of the molecule is O=C(O)Cc1ccc(CNc2ccc(O)cc2)s1. The van der Waals surface area contributed by atoms with E-state index >= 15 is 0 Å². The van der Waals surface area contributed by atoms with E-state index in [1.807, 2.05) is 12.1 Å². The van der Waals surface area contributed by atoms with Gasteiger partial charge in [-0.2, -0.15) is 0 Å². The van der Waals surface area contributed by atoms with Crippen LogP contribution in [0.2, 0.25) is 0 Å². The molecule has 0 unspecified atom stereocenters. The van der Waals surface area contributed by atoms with Crippen molar-refractivity contribution in [3.05, 3.63) is 46.2 Å². The highest BCUT2D eigenvalue weighted by molar-refractivity contribution is 7.12.